The van der Waals surface area contributed by atoms with Gasteiger partial charge in [0, 0.05) is 17.1 Å². The Hall–Kier alpha value is -3.39. The van der Waals surface area contributed by atoms with Gasteiger partial charge in [-0.1, -0.05) is 23.5 Å². The van der Waals surface area contributed by atoms with Crippen molar-refractivity contribution in [2.24, 2.45) is 5.14 Å². The van der Waals surface area contributed by atoms with Gasteiger partial charge >= 0.3 is 0 Å². The van der Waals surface area contributed by atoms with Crippen LogP contribution in [0.1, 0.15) is 0 Å². The number of nitro benzene ring substituents is 1. The number of anilines is 3. The van der Waals surface area contributed by atoms with Gasteiger partial charge in [0.05, 0.1) is 21.1 Å². The number of thiazole rings is 2. The molecule has 0 aliphatic heterocycles. The average Bonchev–Trinajstić information content (AvgIpc) is 3.34. The van der Waals surface area contributed by atoms with Gasteiger partial charge in [-0.2, -0.15) is 0 Å². The number of nitrogens with zero attached hydrogens (tertiary/aromatic N) is 3. The highest BCUT2D eigenvalue weighted by Gasteiger charge is 2.19. The minimum Gasteiger partial charge on any atom is -0.382 e. The lowest BCUT2D eigenvalue weighted by Crippen LogP contribution is -2.11. The molecule has 0 bridgehead atoms. The van der Waals surface area contributed by atoms with Gasteiger partial charge in [-0.15, -0.1) is 11.3 Å². The van der Waals surface area contributed by atoms with Crippen molar-refractivity contribution >= 4 is 55.0 Å². The van der Waals surface area contributed by atoms with E-state index in [0.29, 0.717) is 32.0 Å². The molecule has 0 unspecified atom stereocenters. The summed E-state index contributed by atoms with van der Waals surface area (Å²) in [7, 11) is -3.77. The Kier molecular flexibility index (Phi) is 5.41. The van der Waals surface area contributed by atoms with E-state index in [-0.39, 0.29) is 16.4 Å². The molecule has 13 heteroatoms. The van der Waals surface area contributed by atoms with E-state index in [0.717, 1.165) is 0 Å². The summed E-state index contributed by atoms with van der Waals surface area (Å²) in [6.07, 6.45) is 0. The molecule has 0 fully saturated rings. The van der Waals surface area contributed by atoms with Gasteiger partial charge in [0.15, 0.2) is 5.13 Å². The topological polar surface area (TPSA) is 167 Å². The fourth-order valence-corrected chi connectivity index (χ4v) is 5.08. The number of sulfonamides is 1. The maximum atomic E-state index is 11.4. The summed E-state index contributed by atoms with van der Waals surface area (Å²) in [6.45, 7) is 0. The number of nitro groups is 1. The first-order valence-corrected chi connectivity index (χ1v) is 11.8. The van der Waals surface area contributed by atoms with E-state index in [4.69, 9.17) is 10.9 Å². The second-order valence-electron chi connectivity index (χ2n) is 6.24. The van der Waals surface area contributed by atoms with E-state index in [2.05, 4.69) is 15.3 Å². The summed E-state index contributed by atoms with van der Waals surface area (Å²) in [5.74, 6) is 0.261. The number of para-hydroxylation sites is 1. The summed E-state index contributed by atoms with van der Waals surface area (Å²) < 4.78 is 22.7. The fourth-order valence-electron chi connectivity index (χ4n) is 2.74. The number of nitrogens with two attached hydrogens (primary N) is 2. The van der Waals surface area contributed by atoms with Crippen LogP contribution in [0.4, 0.5) is 22.3 Å². The van der Waals surface area contributed by atoms with Gasteiger partial charge in [0.25, 0.3) is 5.69 Å². The number of nitrogens with one attached hydrogen (secondary N) is 1. The average molecular weight is 475 g/mol. The number of aromatic nitrogens is 2. The van der Waals surface area contributed by atoms with Crippen molar-refractivity contribution < 1.29 is 13.3 Å². The molecular formula is C18H14N6O4S3. The first-order chi connectivity index (χ1) is 14.7. The number of primary sulfonamides is 1. The smallest absolute Gasteiger partial charge is 0.278 e. The summed E-state index contributed by atoms with van der Waals surface area (Å²) >= 11 is 2.56. The van der Waals surface area contributed by atoms with Gasteiger partial charge in [0.2, 0.25) is 10.0 Å². The zero-order valence-electron chi connectivity index (χ0n) is 15.6. The van der Waals surface area contributed by atoms with Crippen LogP contribution in [0.15, 0.2) is 58.8 Å². The first-order valence-electron chi connectivity index (χ1n) is 8.58. The van der Waals surface area contributed by atoms with Gasteiger partial charge in [-0.25, -0.2) is 23.5 Å². The van der Waals surface area contributed by atoms with Crippen LogP contribution in [-0.4, -0.2) is 23.3 Å². The molecule has 31 heavy (non-hydrogen) atoms. The van der Waals surface area contributed by atoms with E-state index in [1.165, 1.54) is 40.9 Å². The Morgan fingerprint density at radius 2 is 1.77 bits per heavy atom. The highest BCUT2D eigenvalue weighted by Crippen LogP contribution is 2.40. The van der Waals surface area contributed by atoms with Crippen molar-refractivity contribution in [2.75, 3.05) is 11.1 Å². The number of benzene rings is 2. The molecule has 158 valence electrons. The summed E-state index contributed by atoms with van der Waals surface area (Å²) in [5, 5.41) is 22.2. The predicted octanol–water partition coefficient (Wildman–Crippen LogP) is 3.82. The van der Waals surface area contributed by atoms with E-state index in [9.17, 15) is 18.5 Å². The monoisotopic (exact) mass is 474 g/mol. The zero-order valence-corrected chi connectivity index (χ0v) is 18.0. The summed E-state index contributed by atoms with van der Waals surface area (Å²) in [6, 6.07) is 12.3. The molecule has 0 aliphatic rings. The van der Waals surface area contributed by atoms with E-state index < -0.39 is 14.9 Å². The third kappa shape index (κ3) is 4.39. The van der Waals surface area contributed by atoms with Crippen LogP contribution in [0.3, 0.4) is 0 Å². The molecule has 0 saturated carbocycles. The maximum absolute atomic E-state index is 11.4. The van der Waals surface area contributed by atoms with Gasteiger partial charge < -0.3 is 11.1 Å². The molecule has 0 atom stereocenters. The number of nitrogen functional groups attached to an aromatic ring is 1. The minimum absolute atomic E-state index is 0.00251. The minimum atomic E-state index is -3.77. The molecule has 0 spiro atoms. The number of hydrogen-bond donors (Lipinski definition) is 3. The Bertz CT molecular complexity index is 1380. The summed E-state index contributed by atoms with van der Waals surface area (Å²) in [4.78, 5) is 20.3. The quantitative estimate of drug-likeness (QED) is 0.280. The van der Waals surface area contributed by atoms with Crippen LogP contribution >= 0.6 is 22.7 Å². The van der Waals surface area contributed by atoms with Gasteiger partial charge in [0.1, 0.15) is 15.7 Å². The van der Waals surface area contributed by atoms with Crippen LogP contribution in [0.5, 0.6) is 0 Å². The van der Waals surface area contributed by atoms with Crippen molar-refractivity contribution in [3.63, 3.8) is 0 Å². The Morgan fingerprint density at radius 3 is 2.45 bits per heavy atom. The molecule has 4 rings (SSSR count). The van der Waals surface area contributed by atoms with E-state index in [1.807, 2.05) is 0 Å². The van der Waals surface area contributed by atoms with E-state index >= 15 is 0 Å². The summed E-state index contributed by atoms with van der Waals surface area (Å²) in [5.41, 5.74) is 7.54. The van der Waals surface area contributed by atoms with Crippen LogP contribution in [0.25, 0.3) is 21.1 Å². The molecule has 2 aromatic heterocycles. The van der Waals surface area contributed by atoms with Crippen LogP contribution in [-0.2, 0) is 10.0 Å². The predicted molar refractivity (Wildman–Crippen MR) is 121 cm³/mol. The molecule has 0 radical (unpaired) electrons. The second kappa shape index (κ2) is 8.03. The highest BCUT2D eigenvalue weighted by atomic mass is 32.2. The van der Waals surface area contributed by atoms with Crippen LogP contribution in [0.2, 0.25) is 0 Å². The van der Waals surface area contributed by atoms with Crippen molar-refractivity contribution in [1.29, 1.82) is 0 Å². The second-order valence-corrected chi connectivity index (χ2v) is 9.66. The third-order valence-electron chi connectivity index (χ3n) is 4.16. The van der Waals surface area contributed by atoms with E-state index in [1.54, 1.807) is 35.7 Å². The number of hydrogen-bond acceptors (Lipinski definition) is 10. The molecule has 2 heterocycles. The van der Waals surface area contributed by atoms with Gasteiger partial charge in [-0.3, -0.25) is 10.1 Å². The highest BCUT2D eigenvalue weighted by molar-refractivity contribution is 7.89. The van der Waals surface area contributed by atoms with Crippen molar-refractivity contribution in [1.82, 2.24) is 9.97 Å². The maximum Gasteiger partial charge on any atom is 0.278 e. The molecule has 4 aromatic rings. The normalized spacial score (nSPS) is 11.4. The lowest BCUT2D eigenvalue weighted by Gasteiger charge is -2.03. The molecule has 5 N–H and O–H groups in total. The molecule has 0 saturated heterocycles. The molecular weight excluding hydrogens is 460 g/mol. The molecule has 2 aromatic carbocycles. The van der Waals surface area contributed by atoms with Crippen LogP contribution < -0.4 is 16.2 Å². The van der Waals surface area contributed by atoms with Crippen molar-refractivity contribution in [3.05, 3.63) is 64.0 Å². The Morgan fingerprint density at radius 1 is 1.06 bits per heavy atom. The van der Waals surface area contributed by atoms with Gasteiger partial charge in [-0.05, 0) is 30.3 Å². The molecule has 0 amide bonds. The third-order valence-corrected chi connectivity index (χ3v) is 7.07. The fraction of sp³-hybridized carbons (Fsp3) is 0. The lowest BCUT2D eigenvalue weighted by atomic mass is 10.1. The first kappa shape index (κ1) is 20.9. The van der Waals surface area contributed by atoms with Crippen LogP contribution in [0, 0.1) is 10.1 Å². The SMILES string of the molecule is Nc1nc(Nc2ccc(S(N)(=O)=O)cc2)sc1-c1nc(-c2ccccc2[N+](=O)[O-])cs1. The Balaban J connectivity index is 1.60. The van der Waals surface area contributed by atoms with Crippen molar-refractivity contribution in [3.8, 4) is 21.1 Å². The Labute approximate surface area is 184 Å². The largest absolute Gasteiger partial charge is 0.382 e. The molecule has 10 nitrogen and oxygen atoms in total. The lowest BCUT2D eigenvalue weighted by molar-refractivity contribution is -0.384. The standard InChI is InChI=1S/C18H14N6O4S3/c19-16-15(17-22-13(9-29-17)12-3-1-2-4-14(12)24(25)26)30-18(23-16)21-10-5-7-11(8-6-10)31(20,27)28/h1-9H,19H2,(H,21,23)(H2,20,27,28). The van der Waals surface area contributed by atoms with Crippen molar-refractivity contribution in [2.45, 2.75) is 4.90 Å². The zero-order chi connectivity index (χ0) is 22.2. The number of rotatable bonds is 6. The molecule has 0 aliphatic carbocycles.